The molecule has 15 heavy (non-hydrogen) atoms. The highest BCUT2D eigenvalue weighted by molar-refractivity contribution is 5.34. The molecule has 0 aromatic carbocycles. The third-order valence-corrected chi connectivity index (χ3v) is 1.67. The van der Waals surface area contributed by atoms with Crippen LogP contribution in [0, 0.1) is 0 Å². The van der Waals surface area contributed by atoms with E-state index in [2.05, 4.69) is 20.5 Å². The lowest BCUT2D eigenvalue weighted by molar-refractivity contribution is 0.229. The summed E-state index contributed by atoms with van der Waals surface area (Å²) in [4.78, 5) is 3.96. The standard InChI is InChI=1S/C8H12N6O/c1-8(2,9)5-15-7-4-10-3-6-11-12-13-14(6)7/h3-4H,5,9H2,1-2H3. The average Bonchev–Trinajstić information content (AvgIpc) is 2.61. The van der Waals surface area contributed by atoms with Gasteiger partial charge in [-0.3, -0.25) is 4.98 Å². The fraction of sp³-hybridized carbons (Fsp3) is 0.500. The molecule has 0 fully saturated rings. The lowest BCUT2D eigenvalue weighted by Crippen LogP contribution is -2.39. The highest BCUT2D eigenvalue weighted by atomic mass is 16.5. The largest absolute Gasteiger partial charge is 0.475 e. The van der Waals surface area contributed by atoms with Crippen LogP contribution in [0.5, 0.6) is 5.88 Å². The fourth-order valence-electron chi connectivity index (χ4n) is 1.01. The number of hydrogen-bond acceptors (Lipinski definition) is 6. The molecule has 0 aliphatic rings. The van der Waals surface area contributed by atoms with Crippen LogP contribution < -0.4 is 10.5 Å². The zero-order valence-electron chi connectivity index (χ0n) is 8.58. The summed E-state index contributed by atoms with van der Waals surface area (Å²) in [6.45, 7) is 4.12. The molecule has 0 spiro atoms. The van der Waals surface area contributed by atoms with Crippen molar-refractivity contribution in [1.82, 2.24) is 25.0 Å². The van der Waals surface area contributed by atoms with Crippen LogP contribution in [0.4, 0.5) is 0 Å². The molecular formula is C8H12N6O. The van der Waals surface area contributed by atoms with Gasteiger partial charge in [-0.2, -0.15) is 4.52 Å². The molecule has 7 heteroatoms. The summed E-state index contributed by atoms with van der Waals surface area (Å²) in [6, 6.07) is 0. The number of nitrogens with zero attached hydrogens (tertiary/aromatic N) is 5. The van der Waals surface area contributed by atoms with Crippen molar-refractivity contribution in [2.24, 2.45) is 5.73 Å². The van der Waals surface area contributed by atoms with Gasteiger partial charge in [-0.05, 0) is 24.3 Å². The van der Waals surface area contributed by atoms with Gasteiger partial charge in [-0.15, -0.1) is 5.10 Å². The topological polar surface area (TPSA) is 91.2 Å². The predicted molar refractivity (Wildman–Crippen MR) is 52.3 cm³/mol. The minimum atomic E-state index is -0.407. The molecular weight excluding hydrogens is 196 g/mol. The summed E-state index contributed by atoms with van der Waals surface area (Å²) in [6.07, 6.45) is 3.11. The Morgan fingerprint density at radius 1 is 1.47 bits per heavy atom. The predicted octanol–water partition coefficient (Wildman–Crippen LogP) is -0.365. The van der Waals surface area contributed by atoms with Crippen LogP contribution in [0.1, 0.15) is 13.8 Å². The molecule has 2 aromatic heterocycles. The van der Waals surface area contributed by atoms with E-state index < -0.39 is 5.54 Å². The molecule has 0 saturated carbocycles. The van der Waals surface area contributed by atoms with Gasteiger partial charge in [0.15, 0.2) is 0 Å². The molecule has 0 aliphatic heterocycles. The van der Waals surface area contributed by atoms with E-state index >= 15 is 0 Å². The van der Waals surface area contributed by atoms with Gasteiger partial charge in [0.05, 0.1) is 12.4 Å². The molecule has 0 amide bonds. The Kier molecular flexibility index (Phi) is 2.24. The highest BCUT2D eigenvalue weighted by Crippen LogP contribution is 2.10. The van der Waals surface area contributed by atoms with Crippen LogP contribution in [-0.2, 0) is 0 Å². The first-order valence-corrected chi connectivity index (χ1v) is 4.50. The monoisotopic (exact) mass is 208 g/mol. The zero-order valence-corrected chi connectivity index (χ0v) is 8.58. The lowest BCUT2D eigenvalue weighted by Gasteiger charge is -2.18. The Morgan fingerprint density at radius 3 is 3.00 bits per heavy atom. The Morgan fingerprint density at radius 2 is 2.27 bits per heavy atom. The second-order valence-electron chi connectivity index (χ2n) is 3.97. The first-order valence-electron chi connectivity index (χ1n) is 4.50. The number of aromatic nitrogens is 5. The van der Waals surface area contributed by atoms with Crippen LogP contribution in [0.15, 0.2) is 12.4 Å². The summed E-state index contributed by atoms with van der Waals surface area (Å²) in [7, 11) is 0. The van der Waals surface area contributed by atoms with Crippen molar-refractivity contribution in [2.75, 3.05) is 6.61 Å². The highest BCUT2D eigenvalue weighted by Gasteiger charge is 2.13. The molecule has 7 nitrogen and oxygen atoms in total. The quantitative estimate of drug-likeness (QED) is 0.740. The van der Waals surface area contributed by atoms with Crippen LogP contribution in [0.2, 0.25) is 0 Å². The molecule has 0 saturated heterocycles. The normalized spacial score (nSPS) is 11.9. The summed E-state index contributed by atoms with van der Waals surface area (Å²) in [5, 5.41) is 11.0. The first-order chi connectivity index (χ1) is 7.06. The van der Waals surface area contributed by atoms with Crippen molar-refractivity contribution >= 4 is 5.65 Å². The van der Waals surface area contributed by atoms with Crippen molar-refractivity contribution in [1.29, 1.82) is 0 Å². The maximum Gasteiger partial charge on any atom is 0.237 e. The lowest BCUT2D eigenvalue weighted by atomic mass is 10.1. The maximum atomic E-state index is 5.80. The number of ether oxygens (including phenoxy) is 1. The van der Waals surface area contributed by atoms with Gasteiger partial charge < -0.3 is 10.5 Å². The SMILES string of the molecule is CC(C)(N)COc1cncc2nnnn12. The van der Waals surface area contributed by atoms with Crippen molar-refractivity contribution < 1.29 is 4.74 Å². The van der Waals surface area contributed by atoms with Crippen molar-refractivity contribution in [3.8, 4) is 5.88 Å². The van der Waals surface area contributed by atoms with E-state index in [1.807, 2.05) is 13.8 Å². The second kappa shape index (κ2) is 3.43. The van der Waals surface area contributed by atoms with E-state index in [1.54, 1.807) is 12.4 Å². The second-order valence-corrected chi connectivity index (χ2v) is 3.97. The third-order valence-electron chi connectivity index (χ3n) is 1.67. The van der Waals surface area contributed by atoms with Crippen molar-refractivity contribution in [3.63, 3.8) is 0 Å². The first kappa shape index (κ1) is 9.78. The Balaban J connectivity index is 2.24. The number of tetrazole rings is 1. The minimum absolute atomic E-state index is 0.369. The number of fused-ring (bicyclic) bond motifs is 1. The van der Waals surface area contributed by atoms with E-state index in [0.29, 0.717) is 18.1 Å². The number of hydrogen-bond donors (Lipinski definition) is 1. The van der Waals surface area contributed by atoms with Crippen molar-refractivity contribution in [3.05, 3.63) is 12.4 Å². The summed E-state index contributed by atoms with van der Waals surface area (Å²) >= 11 is 0. The van der Waals surface area contributed by atoms with Gasteiger partial charge in [0.1, 0.15) is 6.61 Å². The van der Waals surface area contributed by atoms with Gasteiger partial charge in [-0.25, -0.2) is 0 Å². The minimum Gasteiger partial charge on any atom is -0.475 e. The summed E-state index contributed by atoms with van der Waals surface area (Å²) in [5.74, 6) is 0.482. The van der Waals surface area contributed by atoms with Crippen LogP contribution in [-0.4, -0.2) is 37.2 Å². The van der Waals surface area contributed by atoms with E-state index in [9.17, 15) is 0 Å². The number of nitrogens with two attached hydrogens (primary N) is 1. The van der Waals surface area contributed by atoms with Gasteiger partial charge in [0, 0.05) is 5.54 Å². The molecule has 2 aromatic rings. The Hall–Kier alpha value is -1.76. The molecule has 0 radical (unpaired) electrons. The fourth-order valence-corrected chi connectivity index (χ4v) is 1.01. The van der Waals surface area contributed by atoms with Gasteiger partial charge >= 0.3 is 0 Å². The van der Waals surface area contributed by atoms with Gasteiger partial charge in [-0.1, -0.05) is 0 Å². The van der Waals surface area contributed by atoms with Crippen LogP contribution >= 0.6 is 0 Å². The van der Waals surface area contributed by atoms with Crippen LogP contribution in [0.3, 0.4) is 0 Å². The smallest absolute Gasteiger partial charge is 0.237 e. The molecule has 0 aliphatic carbocycles. The Labute approximate surface area is 86.2 Å². The molecule has 80 valence electrons. The summed E-state index contributed by atoms with van der Waals surface area (Å²) < 4.78 is 6.95. The van der Waals surface area contributed by atoms with Gasteiger partial charge in [0.2, 0.25) is 11.5 Å². The molecule has 0 bridgehead atoms. The van der Waals surface area contributed by atoms with E-state index in [4.69, 9.17) is 10.5 Å². The van der Waals surface area contributed by atoms with Crippen molar-refractivity contribution in [2.45, 2.75) is 19.4 Å². The molecule has 2 N–H and O–H groups in total. The van der Waals surface area contributed by atoms with E-state index in [-0.39, 0.29) is 0 Å². The maximum absolute atomic E-state index is 5.80. The van der Waals surface area contributed by atoms with E-state index in [0.717, 1.165) is 0 Å². The third kappa shape index (κ3) is 2.18. The summed E-state index contributed by atoms with van der Waals surface area (Å²) in [5.41, 5.74) is 5.93. The van der Waals surface area contributed by atoms with E-state index in [1.165, 1.54) is 4.52 Å². The molecule has 2 heterocycles. The van der Waals surface area contributed by atoms with Crippen LogP contribution in [0.25, 0.3) is 5.65 Å². The number of rotatable bonds is 3. The molecule has 0 unspecified atom stereocenters. The van der Waals surface area contributed by atoms with Gasteiger partial charge in [0.25, 0.3) is 0 Å². The average molecular weight is 208 g/mol. The molecule has 2 rings (SSSR count). The zero-order chi connectivity index (χ0) is 10.9. The Bertz CT molecular complexity index is 459. The molecule has 0 atom stereocenters.